The average Bonchev–Trinajstić information content (AvgIpc) is 1.99. The number of hydrogen-bond acceptors (Lipinski definition) is 3. The summed E-state index contributed by atoms with van der Waals surface area (Å²) in [5.74, 6) is 0. The molecule has 0 aromatic carbocycles. The van der Waals surface area contributed by atoms with Crippen LogP contribution in [0.5, 0.6) is 0 Å². The zero-order valence-corrected chi connectivity index (χ0v) is 6.35. The van der Waals surface area contributed by atoms with E-state index in [-0.39, 0.29) is 6.61 Å². The third kappa shape index (κ3) is 1.58. The highest BCUT2D eigenvalue weighted by Crippen LogP contribution is 2.12. The molecule has 1 aliphatic rings. The first-order valence-corrected chi connectivity index (χ1v) is 3.71. The monoisotopic (exact) mass is 160 g/mol. The molecule has 1 aliphatic heterocycles. The summed E-state index contributed by atoms with van der Waals surface area (Å²) >= 11 is 0. The van der Waals surface area contributed by atoms with Crippen molar-refractivity contribution in [1.82, 2.24) is 0 Å². The van der Waals surface area contributed by atoms with Crippen LogP contribution in [0.1, 0.15) is 6.42 Å². The van der Waals surface area contributed by atoms with Crippen molar-refractivity contribution >= 4 is 6.72 Å². The van der Waals surface area contributed by atoms with Crippen LogP contribution in [0.15, 0.2) is 0 Å². The lowest BCUT2D eigenvalue weighted by atomic mass is 9.98. The molecule has 1 heterocycles. The van der Waals surface area contributed by atoms with Crippen molar-refractivity contribution in [2.24, 2.45) is 0 Å². The SMILES string of the molecule is C=[N+]1CC[C@@H](O)[C@@H](O)[C@H]1CO. The fourth-order valence-corrected chi connectivity index (χ4v) is 1.33. The summed E-state index contributed by atoms with van der Waals surface area (Å²) in [6.45, 7) is 4.09. The highest BCUT2D eigenvalue weighted by Gasteiger charge is 2.37. The van der Waals surface area contributed by atoms with Crippen LogP contribution in [-0.2, 0) is 0 Å². The predicted octanol–water partition coefficient (Wildman–Crippen LogP) is -1.81. The fourth-order valence-electron chi connectivity index (χ4n) is 1.33. The molecule has 64 valence electrons. The van der Waals surface area contributed by atoms with Crippen molar-refractivity contribution < 1.29 is 19.9 Å². The maximum absolute atomic E-state index is 9.32. The van der Waals surface area contributed by atoms with Crippen molar-refractivity contribution in [2.45, 2.75) is 24.7 Å². The summed E-state index contributed by atoms with van der Waals surface area (Å²) in [5, 5.41) is 27.3. The summed E-state index contributed by atoms with van der Waals surface area (Å²) in [5.41, 5.74) is 0. The van der Waals surface area contributed by atoms with Gasteiger partial charge in [0.05, 0.1) is 6.10 Å². The normalized spacial score (nSPS) is 39.2. The third-order valence-electron chi connectivity index (χ3n) is 2.16. The van der Waals surface area contributed by atoms with Gasteiger partial charge in [-0.3, -0.25) is 0 Å². The standard InChI is InChI=1S/C7H14NO3/c1-8-3-2-6(10)7(11)5(8)4-9/h5-7,9-11H,1-4H2/q+1/t5-,6-,7+/m1/s1. The Balaban J connectivity index is 2.63. The minimum absolute atomic E-state index is 0.165. The van der Waals surface area contributed by atoms with Crippen molar-refractivity contribution in [1.29, 1.82) is 0 Å². The molecule has 0 unspecified atom stereocenters. The van der Waals surface area contributed by atoms with Crippen LogP contribution in [0.4, 0.5) is 0 Å². The number of rotatable bonds is 1. The molecule has 1 fully saturated rings. The smallest absolute Gasteiger partial charge is 0.203 e. The van der Waals surface area contributed by atoms with E-state index < -0.39 is 18.2 Å². The highest BCUT2D eigenvalue weighted by atomic mass is 16.3. The van der Waals surface area contributed by atoms with Crippen LogP contribution in [0.25, 0.3) is 0 Å². The molecule has 0 aromatic rings. The summed E-state index contributed by atoms with van der Waals surface area (Å²) < 4.78 is 1.61. The first-order chi connectivity index (χ1) is 5.16. The molecule has 0 radical (unpaired) electrons. The van der Waals surface area contributed by atoms with E-state index >= 15 is 0 Å². The second kappa shape index (κ2) is 3.30. The second-order valence-electron chi connectivity index (χ2n) is 2.91. The van der Waals surface area contributed by atoms with Crippen LogP contribution < -0.4 is 0 Å². The number of aliphatic hydroxyl groups excluding tert-OH is 3. The van der Waals surface area contributed by atoms with E-state index in [4.69, 9.17) is 5.11 Å². The van der Waals surface area contributed by atoms with Gasteiger partial charge in [-0.05, 0) is 0 Å². The summed E-state index contributed by atoms with van der Waals surface area (Å²) in [6, 6.07) is -0.418. The first kappa shape index (κ1) is 8.64. The number of hydrogen-bond donors (Lipinski definition) is 3. The Morgan fingerprint density at radius 2 is 2.09 bits per heavy atom. The molecule has 0 saturated carbocycles. The number of aliphatic hydroxyl groups is 3. The Bertz CT molecular complexity index is 160. The van der Waals surface area contributed by atoms with Crippen molar-refractivity contribution in [2.75, 3.05) is 13.2 Å². The van der Waals surface area contributed by atoms with E-state index in [9.17, 15) is 10.2 Å². The Labute approximate surface area is 65.4 Å². The van der Waals surface area contributed by atoms with Gasteiger partial charge in [0.2, 0.25) is 6.04 Å². The largest absolute Gasteiger partial charge is 0.390 e. The quantitative estimate of drug-likeness (QED) is 0.396. The van der Waals surface area contributed by atoms with Gasteiger partial charge in [0, 0.05) is 6.42 Å². The van der Waals surface area contributed by atoms with Gasteiger partial charge >= 0.3 is 0 Å². The molecule has 0 aromatic heterocycles. The maximum Gasteiger partial charge on any atom is 0.203 e. The van der Waals surface area contributed by atoms with Crippen molar-refractivity contribution in [3.05, 3.63) is 0 Å². The zero-order chi connectivity index (χ0) is 8.43. The summed E-state index contributed by atoms with van der Waals surface area (Å²) in [7, 11) is 0. The molecule has 0 aliphatic carbocycles. The Kier molecular flexibility index (Phi) is 2.59. The van der Waals surface area contributed by atoms with Crippen LogP contribution in [-0.4, -0.2) is 58.0 Å². The van der Waals surface area contributed by atoms with E-state index in [2.05, 4.69) is 6.72 Å². The molecule has 1 saturated heterocycles. The van der Waals surface area contributed by atoms with E-state index in [1.165, 1.54) is 0 Å². The van der Waals surface area contributed by atoms with Gasteiger partial charge in [0.25, 0.3) is 0 Å². The minimum Gasteiger partial charge on any atom is -0.390 e. The number of nitrogens with zero attached hydrogens (tertiary/aromatic N) is 1. The first-order valence-electron chi connectivity index (χ1n) is 3.71. The maximum atomic E-state index is 9.32. The molecule has 4 nitrogen and oxygen atoms in total. The molecular weight excluding hydrogens is 146 g/mol. The van der Waals surface area contributed by atoms with Gasteiger partial charge in [-0.25, -0.2) is 4.58 Å². The molecule has 11 heavy (non-hydrogen) atoms. The van der Waals surface area contributed by atoms with Crippen LogP contribution >= 0.6 is 0 Å². The summed E-state index contributed by atoms with van der Waals surface area (Å²) in [6.07, 6.45) is -1.07. The molecule has 1 rings (SSSR count). The zero-order valence-electron chi connectivity index (χ0n) is 6.35. The Hall–Kier alpha value is -0.450. The molecule has 0 amide bonds. The van der Waals surface area contributed by atoms with E-state index in [0.717, 1.165) is 0 Å². The highest BCUT2D eigenvalue weighted by molar-refractivity contribution is 5.15. The average molecular weight is 160 g/mol. The minimum atomic E-state index is -0.869. The van der Waals surface area contributed by atoms with Gasteiger partial charge < -0.3 is 15.3 Å². The molecule has 3 atom stereocenters. The fraction of sp³-hybridized carbons (Fsp3) is 0.857. The van der Waals surface area contributed by atoms with Crippen LogP contribution in [0, 0.1) is 0 Å². The van der Waals surface area contributed by atoms with E-state index in [1.807, 2.05) is 0 Å². The predicted molar refractivity (Wildman–Crippen MR) is 39.8 cm³/mol. The van der Waals surface area contributed by atoms with E-state index in [1.54, 1.807) is 4.58 Å². The lowest BCUT2D eigenvalue weighted by Gasteiger charge is -2.27. The Morgan fingerprint density at radius 3 is 2.55 bits per heavy atom. The molecule has 0 spiro atoms. The van der Waals surface area contributed by atoms with Crippen molar-refractivity contribution in [3.63, 3.8) is 0 Å². The van der Waals surface area contributed by atoms with E-state index in [0.29, 0.717) is 13.0 Å². The Morgan fingerprint density at radius 1 is 1.45 bits per heavy atom. The van der Waals surface area contributed by atoms with Gasteiger partial charge in [0.15, 0.2) is 0 Å². The van der Waals surface area contributed by atoms with Gasteiger partial charge in [-0.1, -0.05) is 0 Å². The van der Waals surface area contributed by atoms with Gasteiger partial charge in [0.1, 0.15) is 26.0 Å². The van der Waals surface area contributed by atoms with Gasteiger partial charge in [-0.15, -0.1) is 0 Å². The van der Waals surface area contributed by atoms with Gasteiger partial charge in [-0.2, -0.15) is 0 Å². The second-order valence-corrected chi connectivity index (χ2v) is 2.91. The lowest BCUT2D eigenvalue weighted by Crippen LogP contribution is -2.51. The van der Waals surface area contributed by atoms with Crippen molar-refractivity contribution in [3.8, 4) is 0 Å². The summed E-state index contributed by atoms with van der Waals surface area (Å²) in [4.78, 5) is 0. The van der Waals surface area contributed by atoms with Crippen LogP contribution in [0.3, 0.4) is 0 Å². The van der Waals surface area contributed by atoms with Crippen LogP contribution in [0.2, 0.25) is 0 Å². The molecule has 3 N–H and O–H groups in total. The topological polar surface area (TPSA) is 63.7 Å². The number of piperidine rings is 1. The molecule has 4 heteroatoms. The molecule has 0 bridgehead atoms. The third-order valence-corrected chi connectivity index (χ3v) is 2.16. The molecular formula is C7H14NO3+. The lowest BCUT2D eigenvalue weighted by molar-refractivity contribution is -0.587.